The number of carbonyl (C=O) groups excluding carboxylic acids is 1. The fourth-order valence-electron chi connectivity index (χ4n) is 2.33. The molecule has 9 heteroatoms. The normalized spacial score (nSPS) is 11.1. The SMILES string of the molecule is N#Cc1ccc(CN(CC(F)(F)F)C(=O)c2ccccc2OC(F)F)cc1. The van der Waals surface area contributed by atoms with Gasteiger partial charge in [-0.25, -0.2) is 0 Å². The Hall–Kier alpha value is -3.15. The number of halogens is 5. The van der Waals surface area contributed by atoms with Gasteiger partial charge in [-0.3, -0.25) is 4.79 Å². The van der Waals surface area contributed by atoms with Gasteiger partial charge in [-0.05, 0) is 29.8 Å². The van der Waals surface area contributed by atoms with Crippen LogP contribution in [0.5, 0.6) is 5.75 Å². The summed E-state index contributed by atoms with van der Waals surface area (Å²) < 4.78 is 68.0. The first kappa shape index (κ1) is 20.2. The van der Waals surface area contributed by atoms with Gasteiger partial charge in [-0.1, -0.05) is 24.3 Å². The van der Waals surface area contributed by atoms with Crippen molar-refractivity contribution in [2.45, 2.75) is 19.3 Å². The van der Waals surface area contributed by atoms with Gasteiger partial charge in [-0.15, -0.1) is 0 Å². The Balaban J connectivity index is 2.33. The van der Waals surface area contributed by atoms with Crippen LogP contribution in [0.4, 0.5) is 22.0 Å². The van der Waals surface area contributed by atoms with Gasteiger partial charge in [0.1, 0.15) is 12.3 Å². The number of carbonyl (C=O) groups is 1. The summed E-state index contributed by atoms with van der Waals surface area (Å²) in [6, 6.07) is 12.3. The minimum Gasteiger partial charge on any atom is -0.434 e. The van der Waals surface area contributed by atoms with Crippen molar-refractivity contribution in [1.82, 2.24) is 4.90 Å². The van der Waals surface area contributed by atoms with Crippen LogP contribution in [0.25, 0.3) is 0 Å². The number of ether oxygens (including phenoxy) is 1. The Labute approximate surface area is 151 Å². The first-order valence-corrected chi connectivity index (χ1v) is 7.58. The zero-order valence-electron chi connectivity index (χ0n) is 13.7. The number of nitriles is 1. The molecule has 0 heterocycles. The number of hydrogen-bond donors (Lipinski definition) is 0. The van der Waals surface area contributed by atoms with E-state index in [1.165, 1.54) is 36.4 Å². The van der Waals surface area contributed by atoms with Crippen molar-refractivity contribution in [3.8, 4) is 11.8 Å². The zero-order valence-corrected chi connectivity index (χ0v) is 13.7. The van der Waals surface area contributed by atoms with Crippen LogP contribution in [0.2, 0.25) is 0 Å². The van der Waals surface area contributed by atoms with Gasteiger partial charge >= 0.3 is 12.8 Å². The van der Waals surface area contributed by atoms with E-state index in [2.05, 4.69) is 4.74 Å². The third kappa shape index (κ3) is 5.95. The number of para-hydroxylation sites is 1. The molecule has 2 aromatic carbocycles. The molecule has 2 aromatic rings. The van der Waals surface area contributed by atoms with Crippen molar-refractivity contribution in [1.29, 1.82) is 5.26 Å². The summed E-state index contributed by atoms with van der Waals surface area (Å²) >= 11 is 0. The topological polar surface area (TPSA) is 53.3 Å². The quantitative estimate of drug-likeness (QED) is 0.696. The Bertz CT molecular complexity index is 829. The average Bonchev–Trinajstić information content (AvgIpc) is 2.60. The van der Waals surface area contributed by atoms with Crippen LogP contribution < -0.4 is 4.74 Å². The second kappa shape index (κ2) is 8.49. The summed E-state index contributed by atoms with van der Waals surface area (Å²) in [5, 5.41) is 8.76. The molecule has 0 aliphatic carbocycles. The van der Waals surface area contributed by atoms with Crippen molar-refractivity contribution in [3.63, 3.8) is 0 Å². The lowest BCUT2D eigenvalue weighted by Gasteiger charge is -2.25. The van der Waals surface area contributed by atoms with E-state index in [1.54, 1.807) is 0 Å². The van der Waals surface area contributed by atoms with Crippen molar-refractivity contribution < 1.29 is 31.5 Å². The molecule has 0 N–H and O–H groups in total. The standard InChI is InChI=1S/C18H13F5N2O2/c19-17(20)27-15-4-2-1-3-14(15)16(26)25(11-18(21,22)23)10-13-7-5-12(9-24)6-8-13/h1-8,17H,10-11H2. The monoisotopic (exact) mass is 384 g/mol. The minimum absolute atomic E-state index is 0.308. The number of rotatable bonds is 6. The number of benzene rings is 2. The Kier molecular flexibility index (Phi) is 6.34. The van der Waals surface area contributed by atoms with Gasteiger partial charge in [0.05, 0.1) is 17.2 Å². The molecular formula is C18H13F5N2O2. The molecule has 1 amide bonds. The van der Waals surface area contributed by atoms with Crippen molar-refractivity contribution >= 4 is 5.91 Å². The van der Waals surface area contributed by atoms with Crippen LogP contribution in [0.15, 0.2) is 48.5 Å². The smallest absolute Gasteiger partial charge is 0.406 e. The summed E-state index contributed by atoms with van der Waals surface area (Å²) in [5.41, 5.74) is 0.248. The highest BCUT2D eigenvalue weighted by Crippen LogP contribution is 2.25. The summed E-state index contributed by atoms with van der Waals surface area (Å²) in [5.74, 6) is -1.61. The van der Waals surface area contributed by atoms with Gasteiger partial charge in [-0.2, -0.15) is 27.2 Å². The molecule has 142 valence electrons. The lowest BCUT2D eigenvalue weighted by atomic mass is 10.1. The van der Waals surface area contributed by atoms with Crippen LogP contribution in [0.3, 0.4) is 0 Å². The van der Waals surface area contributed by atoms with Gasteiger partial charge < -0.3 is 9.64 Å². The van der Waals surface area contributed by atoms with Crippen molar-refractivity contribution in [2.75, 3.05) is 6.54 Å². The van der Waals surface area contributed by atoms with Gasteiger partial charge in [0, 0.05) is 6.54 Å². The molecule has 4 nitrogen and oxygen atoms in total. The average molecular weight is 384 g/mol. The highest BCUT2D eigenvalue weighted by Gasteiger charge is 2.34. The lowest BCUT2D eigenvalue weighted by molar-refractivity contribution is -0.141. The second-order valence-corrected chi connectivity index (χ2v) is 5.46. The van der Waals surface area contributed by atoms with Crippen LogP contribution >= 0.6 is 0 Å². The third-order valence-electron chi connectivity index (χ3n) is 3.45. The maximum absolute atomic E-state index is 12.9. The predicted molar refractivity (Wildman–Crippen MR) is 85.0 cm³/mol. The van der Waals surface area contributed by atoms with Gasteiger partial charge in [0.15, 0.2) is 0 Å². The van der Waals surface area contributed by atoms with E-state index in [1.807, 2.05) is 6.07 Å². The molecule has 0 atom stereocenters. The Morgan fingerprint density at radius 2 is 1.74 bits per heavy atom. The maximum Gasteiger partial charge on any atom is 0.406 e. The van der Waals surface area contributed by atoms with Gasteiger partial charge in [0.25, 0.3) is 5.91 Å². The maximum atomic E-state index is 12.9. The fourth-order valence-corrected chi connectivity index (χ4v) is 2.33. The van der Waals surface area contributed by atoms with E-state index in [0.29, 0.717) is 16.0 Å². The molecule has 0 fully saturated rings. The molecule has 0 aliphatic rings. The number of amides is 1. The van der Waals surface area contributed by atoms with Crippen molar-refractivity contribution in [3.05, 3.63) is 65.2 Å². The first-order valence-electron chi connectivity index (χ1n) is 7.58. The molecule has 2 rings (SSSR count). The Morgan fingerprint density at radius 1 is 1.11 bits per heavy atom. The van der Waals surface area contributed by atoms with Crippen LogP contribution in [0, 0.1) is 11.3 Å². The fraction of sp³-hybridized carbons (Fsp3) is 0.222. The highest BCUT2D eigenvalue weighted by atomic mass is 19.4. The van der Waals surface area contributed by atoms with Crippen molar-refractivity contribution in [2.24, 2.45) is 0 Å². The summed E-state index contributed by atoms with van der Waals surface area (Å²) in [4.78, 5) is 13.1. The molecule has 0 saturated carbocycles. The molecular weight excluding hydrogens is 371 g/mol. The Morgan fingerprint density at radius 3 is 2.30 bits per heavy atom. The highest BCUT2D eigenvalue weighted by molar-refractivity contribution is 5.97. The second-order valence-electron chi connectivity index (χ2n) is 5.46. The molecule has 0 radical (unpaired) electrons. The molecule has 0 unspecified atom stereocenters. The van der Waals surface area contributed by atoms with Crippen LogP contribution in [-0.4, -0.2) is 30.1 Å². The molecule has 0 aliphatic heterocycles. The van der Waals surface area contributed by atoms with Gasteiger partial charge in [0.2, 0.25) is 0 Å². The summed E-state index contributed by atoms with van der Waals surface area (Å²) in [6.07, 6.45) is -4.69. The molecule has 27 heavy (non-hydrogen) atoms. The lowest BCUT2D eigenvalue weighted by Crippen LogP contribution is -2.38. The molecule has 0 aromatic heterocycles. The minimum atomic E-state index is -4.69. The number of alkyl halides is 5. The third-order valence-corrected chi connectivity index (χ3v) is 3.45. The van der Waals surface area contributed by atoms with Crippen LogP contribution in [-0.2, 0) is 6.54 Å². The summed E-state index contributed by atoms with van der Waals surface area (Å²) in [7, 11) is 0. The zero-order chi connectivity index (χ0) is 20.0. The first-order chi connectivity index (χ1) is 12.7. The number of hydrogen-bond acceptors (Lipinski definition) is 3. The molecule has 0 spiro atoms. The summed E-state index contributed by atoms with van der Waals surface area (Å²) in [6.45, 7) is -5.23. The van der Waals surface area contributed by atoms with E-state index in [9.17, 15) is 26.7 Å². The number of nitrogens with zero attached hydrogens (tertiary/aromatic N) is 2. The van der Waals surface area contributed by atoms with E-state index < -0.39 is 43.1 Å². The predicted octanol–water partition coefficient (Wildman–Crippen LogP) is 4.36. The largest absolute Gasteiger partial charge is 0.434 e. The van der Waals surface area contributed by atoms with E-state index in [4.69, 9.17) is 5.26 Å². The van der Waals surface area contributed by atoms with E-state index in [0.717, 1.165) is 12.1 Å². The van der Waals surface area contributed by atoms with E-state index in [-0.39, 0.29) is 0 Å². The van der Waals surface area contributed by atoms with Crippen LogP contribution in [0.1, 0.15) is 21.5 Å². The molecule has 0 saturated heterocycles. The van der Waals surface area contributed by atoms with E-state index >= 15 is 0 Å². The molecule has 0 bridgehead atoms.